The maximum atomic E-state index is 13.0. The van der Waals surface area contributed by atoms with Crippen LogP contribution in [0.15, 0.2) is 33.8 Å². The van der Waals surface area contributed by atoms with Gasteiger partial charge in [0.15, 0.2) is 0 Å². The van der Waals surface area contributed by atoms with Crippen molar-refractivity contribution in [1.29, 1.82) is 0 Å². The van der Waals surface area contributed by atoms with Crippen LogP contribution in [0.25, 0.3) is 11.5 Å². The first-order chi connectivity index (χ1) is 15.0. The van der Waals surface area contributed by atoms with E-state index in [1.54, 1.807) is 11.0 Å². The first-order valence-corrected chi connectivity index (χ1v) is 11.7. The summed E-state index contributed by atoms with van der Waals surface area (Å²) in [6, 6.07) is 7.57. The summed E-state index contributed by atoms with van der Waals surface area (Å²) in [5.41, 5.74) is 0.666. The summed E-state index contributed by atoms with van der Waals surface area (Å²) in [5.74, 6) is 0.884. The van der Waals surface area contributed by atoms with Gasteiger partial charge in [-0.15, -0.1) is 15.3 Å². The van der Waals surface area contributed by atoms with Gasteiger partial charge in [0.2, 0.25) is 22.8 Å². The third-order valence-corrected chi connectivity index (χ3v) is 6.53. The van der Waals surface area contributed by atoms with Crippen LogP contribution < -0.4 is 0 Å². The number of carbonyl (C=O) groups excluding carboxylic acids is 1. The zero-order chi connectivity index (χ0) is 21.8. The highest BCUT2D eigenvalue weighted by atomic mass is 35.5. The molecule has 1 saturated carbocycles. The van der Waals surface area contributed by atoms with Crippen LogP contribution in [0.3, 0.4) is 0 Å². The molecule has 0 spiro atoms. The number of amides is 1. The lowest BCUT2D eigenvalue weighted by molar-refractivity contribution is -0.131. The van der Waals surface area contributed by atoms with Gasteiger partial charge in [-0.05, 0) is 49.2 Å². The molecule has 0 atom stereocenters. The van der Waals surface area contributed by atoms with Crippen LogP contribution in [0, 0.1) is 0 Å². The second-order valence-electron chi connectivity index (χ2n) is 7.73. The molecule has 0 bridgehead atoms. The number of thioether (sulfide) groups is 1. The molecule has 0 saturated heterocycles. The Hall–Kier alpha value is -2.46. The molecule has 31 heavy (non-hydrogen) atoms. The minimum atomic E-state index is -0.0431. The molecule has 1 aliphatic carbocycles. The Morgan fingerprint density at radius 2 is 2.03 bits per heavy atom. The molecule has 3 aromatic rings. The third kappa shape index (κ3) is 5.07. The van der Waals surface area contributed by atoms with E-state index in [0.29, 0.717) is 33.6 Å². The Kier molecular flexibility index (Phi) is 6.86. The molecule has 2 heterocycles. The molecule has 1 aromatic carbocycles. The lowest BCUT2D eigenvalue weighted by Crippen LogP contribution is -2.37. The van der Waals surface area contributed by atoms with Crippen molar-refractivity contribution in [1.82, 2.24) is 35.3 Å². The molecule has 1 aliphatic rings. The second-order valence-corrected chi connectivity index (χ2v) is 9.08. The average molecular weight is 462 g/mol. The van der Waals surface area contributed by atoms with Crippen molar-refractivity contribution in [3.05, 3.63) is 35.2 Å². The lowest BCUT2D eigenvalue weighted by atomic mass is 10.2. The maximum Gasteiger partial charge on any atom is 0.249 e. The van der Waals surface area contributed by atoms with Gasteiger partial charge in [0.25, 0.3) is 0 Å². The molecular formula is C20H24ClN7O2S. The fraction of sp³-hybridized carbons (Fsp3) is 0.500. The molecule has 2 aromatic heterocycles. The molecule has 9 nitrogen and oxygen atoms in total. The highest BCUT2D eigenvalue weighted by Gasteiger charge is 2.25. The normalized spacial score (nSPS) is 14.5. The standard InChI is InChI=1S/C20H24ClN7O2S/c1-13(2)27(11-17-22-23-19(30-17)15-9-5-6-10-16(15)21)18(29)12-31-20-24-25-26-28(20)14-7-3-4-8-14/h5-6,9-10,13-14H,3-4,7-8,11-12H2,1-2H3. The van der Waals surface area contributed by atoms with Crippen molar-refractivity contribution < 1.29 is 9.21 Å². The molecule has 0 radical (unpaired) electrons. The predicted molar refractivity (Wildman–Crippen MR) is 116 cm³/mol. The first kappa shape index (κ1) is 21.8. The Labute approximate surface area is 189 Å². The summed E-state index contributed by atoms with van der Waals surface area (Å²) < 4.78 is 7.63. The number of tetrazole rings is 1. The number of benzene rings is 1. The Bertz CT molecular complexity index is 1030. The molecule has 1 amide bonds. The summed E-state index contributed by atoms with van der Waals surface area (Å²) >= 11 is 7.57. The zero-order valence-corrected chi connectivity index (χ0v) is 19.0. The van der Waals surface area contributed by atoms with Gasteiger partial charge in [-0.2, -0.15) is 0 Å². The van der Waals surface area contributed by atoms with Gasteiger partial charge >= 0.3 is 0 Å². The molecule has 0 aliphatic heterocycles. The van der Waals surface area contributed by atoms with Crippen LogP contribution in [-0.2, 0) is 11.3 Å². The van der Waals surface area contributed by atoms with Gasteiger partial charge in [-0.3, -0.25) is 4.79 Å². The van der Waals surface area contributed by atoms with Gasteiger partial charge in [0.05, 0.1) is 28.9 Å². The third-order valence-electron chi connectivity index (χ3n) is 5.28. The highest BCUT2D eigenvalue weighted by molar-refractivity contribution is 7.99. The number of nitrogens with zero attached hydrogens (tertiary/aromatic N) is 7. The van der Waals surface area contributed by atoms with E-state index >= 15 is 0 Å². The largest absolute Gasteiger partial charge is 0.419 e. The molecule has 0 unspecified atom stereocenters. The van der Waals surface area contributed by atoms with Crippen LogP contribution in [-0.4, -0.2) is 53.0 Å². The van der Waals surface area contributed by atoms with Crippen molar-refractivity contribution in [2.45, 2.75) is 63.3 Å². The van der Waals surface area contributed by atoms with Crippen molar-refractivity contribution >= 4 is 29.3 Å². The molecule has 1 fully saturated rings. The van der Waals surface area contributed by atoms with Crippen molar-refractivity contribution in [2.24, 2.45) is 0 Å². The zero-order valence-electron chi connectivity index (χ0n) is 17.4. The molecule has 0 N–H and O–H groups in total. The number of hydrogen-bond acceptors (Lipinski definition) is 8. The molecule has 11 heteroatoms. The Balaban J connectivity index is 1.41. The van der Waals surface area contributed by atoms with E-state index in [4.69, 9.17) is 16.0 Å². The van der Waals surface area contributed by atoms with Crippen LogP contribution in [0.5, 0.6) is 0 Å². The fourth-order valence-corrected chi connectivity index (χ4v) is 4.68. The van der Waals surface area contributed by atoms with Crippen LogP contribution in [0.1, 0.15) is 51.5 Å². The predicted octanol–water partition coefficient (Wildman–Crippen LogP) is 4.02. The molecule has 164 valence electrons. The van der Waals surface area contributed by atoms with Gasteiger partial charge < -0.3 is 9.32 Å². The van der Waals surface area contributed by atoms with Gasteiger partial charge in [0.1, 0.15) is 0 Å². The highest BCUT2D eigenvalue weighted by Crippen LogP contribution is 2.31. The van der Waals surface area contributed by atoms with Crippen LogP contribution in [0.4, 0.5) is 0 Å². The second kappa shape index (κ2) is 9.78. The Morgan fingerprint density at radius 1 is 1.26 bits per heavy atom. The first-order valence-electron chi connectivity index (χ1n) is 10.3. The van der Waals surface area contributed by atoms with Crippen LogP contribution >= 0.6 is 23.4 Å². The van der Waals surface area contributed by atoms with E-state index < -0.39 is 0 Å². The average Bonchev–Trinajstić information content (AvgIpc) is 3.52. The summed E-state index contributed by atoms with van der Waals surface area (Å²) in [4.78, 5) is 14.7. The summed E-state index contributed by atoms with van der Waals surface area (Å²) in [5, 5.41) is 21.4. The van der Waals surface area contributed by atoms with Crippen molar-refractivity contribution in [3.63, 3.8) is 0 Å². The lowest BCUT2D eigenvalue weighted by Gasteiger charge is -2.25. The smallest absolute Gasteiger partial charge is 0.249 e. The molecular weight excluding hydrogens is 438 g/mol. The fourth-order valence-electron chi connectivity index (χ4n) is 3.63. The van der Waals surface area contributed by atoms with Gasteiger partial charge in [-0.1, -0.05) is 48.3 Å². The number of aromatic nitrogens is 6. The van der Waals surface area contributed by atoms with E-state index in [0.717, 1.165) is 12.8 Å². The maximum absolute atomic E-state index is 13.0. The van der Waals surface area contributed by atoms with E-state index in [1.807, 2.05) is 36.7 Å². The summed E-state index contributed by atoms with van der Waals surface area (Å²) in [6.45, 7) is 4.13. The van der Waals surface area contributed by atoms with Crippen molar-refractivity contribution in [3.8, 4) is 11.5 Å². The number of rotatable bonds is 8. The van der Waals surface area contributed by atoms with E-state index in [1.165, 1.54) is 24.6 Å². The number of hydrogen-bond donors (Lipinski definition) is 0. The Morgan fingerprint density at radius 3 is 2.77 bits per heavy atom. The summed E-state index contributed by atoms with van der Waals surface area (Å²) in [6.07, 6.45) is 4.54. The van der Waals surface area contributed by atoms with Gasteiger partial charge in [-0.25, -0.2) is 4.68 Å². The van der Waals surface area contributed by atoms with E-state index in [2.05, 4.69) is 25.7 Å². The minimum Gasteiger partial charge on any atom is -0.419 e. The minimum absolute atomic E-state index is 0.0328. The van der Waals surface area contributed by atoms with Crippen molar-refractivity contribution in [2.75, 3.05) is 5.75 Å². The van der Waals surface area contributed by atoms with E-state index in [9.17, 15) is 4.79 Å². The SMILES string of the molecule is CC(C)N(Cc1nnc(-c2ccccc2Cl)o1)C(=O)CSc1nnnn1C1CCCC1. The van der Waals surface area contributed by atoms with E-state index in [-0.39, 0.29) is 24.2 Å². The topological polar surface area (TPSA) is 103 Å². The monoisotopic (exact) mass is 461 g/mol. The molecule has 4 rings (SSSR count). The van der Waals surface area contributed by atoms with Gasteiger partial charge in [0, 0.05) is 6.04 Å². The number of carbonyl (C=O) groups is 1. The summed E-state index contributed by atoms with van der Waals surface area (Å²) in [7, 11) is 0. The van der Waals surface area contributed by atoms with Crippen LogP contribution in [0.2, 0.25) is 5.02 Å². The number of halogens is 1. The quantitative estimate of drug-likeness (QED) is 0.463.